The van der Waals surface area contributed by atoms with Crippen LogP contribution in [0.5, 0.6) is 0 Å². The lowest BCUT2D eigenvalue weighted by Gasteiger charge is -2.31. The topological polar surface area (TPSA) is 45.2 Å². The van der Waals surface area contributed by atoms with Crippen molar-refractivity contribution in [2.24, 2.45) is 0 Å². The first-order chi connectivity index (χ1) is 8.74. The van der Waals surface area contributed by atoms with Gasteiger partial charge in [-0.15, -0.1) is 0 Å². The number of carbonyl (C=O) groups is 1. The Balaban J connectivity index is 2.05. The van der Waals surface area contributed by atoms with Gasteiger partial charge in [0, 0.05) is 37.3 Å². The minimum Gasteiger partial charge on any atom is -0.373 e. The molecule has 1 aliphatic rings. The van der Waals surface area contributed by atoms with Crippen LogP contribution in [0.25, 0.3) is 0 Å². The number of aromatic nitrogens is 1. The Morgan fingerprint density at radius 2 is 2.44 bits per heavy atom. The van der Waals surface area contributed by atoms with E-state index in [4.69, 9.17) is 0 Å². The van der Waals surface area contributed by atoms with Crippen molar-refractivity contribution in [1.82, 2.24) is 9.88 Å². The Labute approximate surface area is 112 Å². The monoisotopic (exact) mass is 265 g/mol. The molecule has 0 spiro atoms. The van der Waals surface area contributed by atoms with E-state index in [1.54, 1.807) is 6.20 Å². The lowest BCUT2D eigenvalue weighted by Crippen LogP contribution is -2.41. The van der Waals surface area contributed by atoms with Crippen LogP contribution in [0.3, 0.4) is 0 Å². The maximum Gasteiger partial charge on any atom is 0.255 e. The smallest absolute Gasteiger partial charge is 0.255 e. The van der Waals surface area contributed by atoms with Crippen molar-refractivity contribution < 1.29 is 4.79 Å². The third kappa shape index (κ3) is 2.96. The molecule has 1 aromatic heterocycles. The molecule has 0 bridgehead atoms. The summed E-state index contributed by atoms with van der Waals surface area (Å²) in [6.07, 6.45) is 2.77. The standard InChI is InChI=1S/C13H19N3OS/c1-3-11-9-16(6-7-18-11)13(17)10-4-5-12(14-2)15-8-10/h4-5,8,11H,3,6-7,9H2,1-2H3,(H,14,15). The summed E-state index contributed by atoms with van der Waals surface area (Å²) >= 11 is 1.97. The van der Waals surface area contributed by atoms with Gasteiger partial charge in [-0.25, -0.2) is 4.98 Å². The normalized spacial score (nSPS) is 19.7. The van der Waals surface area contributed by atoms with E-state index >= 15 is 0 Å². The Kier molecular flexibility index (Phi) is 4.47. The van der Waals surface area contributed by atoms with Crippen LogP contribution in [0.1, 0.15) is 23.7 Å². The highest BCUT2D eigenvalue weighted by Gasteiger charge is 2.23. The summed E-state index contributed by atoms with van der Waals surface area (Å²) < 4.78 is 0. The van der Waals surface area contributed by atoms with Crippen molar-refractivity contribution in [3.8, 4) is 0 Å². The molecule has 0 saturated carbocycles. The summed E-state index contributed by atoms with van der Waals surface area (Å²) in [5.41, 5.74) is 0.677. The van der Waals surface area contributed by atoms with E-state index in [1.807, 2.05) is 35.8 Å². The quantitative estimate of drug-likeness (QED) is 0.909. The molecule has 4 nitrogen and oxygen atoms in total. The number of rotatable bonds is 3. The first kappa shape index (κ1) is 13.2. The summed E-state index contributed by atoms with van der Waals surface area (Å²) in [5, 5.41) is 3.53. The Morgan fingerprint density at radius 3 is 3.06 bits per heavy atom. The van der Waals surface area contributed by atoms with E-state index in [1.165, 1.54) is 0 Å². The molecule has 2 rings (SSSR count). The van der Waals surface area contributed by atoms with E-state index in [-0.39, 0.29) is 5.91 Å². The minimum atomic E-state index is 0.101. The fourth-order valence-electron chi connectivity index (χ4n) is 2.00. The van der Waals surface area contributed by atoms with Crippen molar-refractivity contribution >= 4 is 23.5 Å². The third-order valence-electron chi connectivity index (χ3n) is 3.15. The van der Waals surface area contributed by atoms with Crippen LogP contribution in [0.15, 0.2) is 18.3 Å². The number of nitrogens with one attached hydrogen (secondary N) is 1. The van der Waals surface area contributed by atoms with Gasteiger partial charge in [0.15, 0.2) is 0 Å². The minimum absolute atomic E-state index is 0.101. The summed E-state index contributed by atoms with van der Waals surface area (Å²) in [6.45, 7) is 3.87. The molecule has 18 heavy (non-hydrogen) atoms. The van der Waals surface area contributed by atoms with Crippen LogP contribution in [0.4, 0.5) is 5.82 Å². The molecule has 1 fully saturated rings. The van der Waals surface area contributed by atoms with Crippen LogP contribution in [-0.4, -0.2) is 46.9 Å². The van der Waals surface area contributed by atoms with Gasteiger partial charge in [-0.05, 0) is 18.6 Å². The number of carbonyl (C=O) groups excluding carboxylic acids is 1. The maximum absolute atomic E-state index is 12.3. The van der Waals surface area contributed by atoms with E-state index in [9.17, 15) is 4.79 Å². The van der Waals surface area contributed by atoms with Crippen LogP contribution in [0, 0.1) is 0 Å². The molecule has 0 aliphatic carbocycles. The molecule has 98 valence electrons. The van der Waals surface area contributed by atoms with Gasteiger partial charge >= 0.3 is 0 Å². The zero-order chi connectivity index (χ0) is 13.0. The number of anilines is 1. The van der Waals surface area contributed by atoms with Crippen LogP contribution < -0.4 is 5.32 Å². The Hall–Kier alpha value is -1.23. The maximum atomic E-state index is 12.3. The van der Waals surface area contributed by atoms with Gasteiger partial charge in [0.1, 0.15) is 5.82 Å². The van der Waals surface area contributed by atoms with Gasteiger partial charge in [-0.1, -0.05) is 6.92 Å². The molecule has 5 heteroatoms. The fraction of sp³-hybridized carbons (Fsp3) is 0.538. The molecule has 1 N–H and O–H groups in total. The lowest BCUT2D eigenvalue weighted by atomic mass is 10.2. The SMILES string of the molecule is CCC1CN(C(=O)c2ccc(NC)nc2)CCS1. The van der Waals surface area contributed by atoms with Crippen molar-refractivity contribution in [1.29, 1.82) is 0 Å². The Bertz CT molecular complexity index is 407. The second kappa shape index (κ2) is 6.09. The van der Waals surface area contributed by atoms with Crippen molar-refractivity contribution in [2.75, 3.05) is 31.2 Å². The molecule has 1 amide bonds. The van der Waals surface area contributed by atoms with Crippen LogP contribution in [0.2, 0.25) is 0 Å². The van der Waals surface area contributed by atoms with Crippen LogP contribution in [-0.2, 0) is 0 Å². The van der Waals surface area contributed by atoms with Gasteiger partial charge < -0.3 is 10.2 Å². The highest BCUT2D eigenvalue weighted by molar-refractivity contribution is 8.00. The predicted octanol–water partition coefficient (Wildman–Crippen LogP) is 2.09. The van der Waals surface area contributed by atoms with Gasteiger partial charge in [-0.2, -0.15) is 11.8 Å². The molecule has 0 aromatic carbocycles. The first-order valence-electron chi connectivity index (χ1n) is 6.29. The average molecular weight is 265 g/mol. The molecule has 1 atom stereocenters. The molecule has 1 aliphatic heterocycles. The number of hydrogen-bond donors (Lipinski definition) is 1. The first-order valence-corrected chi connectivity index (χ1v) is 7.34. The van der Waals surface area contributed by atoms with E-state index in [2.05, 4.69) is 17.2 Å². The van der Waals surface area contributed by atoms with Crippen molar-refractivity contribution in [3.05, 3.63) is 23.9 Å². The number of nitrogens with zero attached hydrogens (tertiary/aromatic N) is 2. The van der Waals surface area contributed by atoms with Gasteiger partial charge in [-0.3, -0.25) is 4.79 Å². The highest BCUT2D eigenvalue weighted by Crippen LogP contribution is 2.22. The third-order valence-corrected chi connectivity index (χ3v) is 4.52. The second-order valence-corrected chi connectivity index (χ2v) is 5.74. The predicted molar refractivity (Wildman–Crippen MR) is 76.2 cm³/mol. The number of thioether (sulfide) groups is 1. The largest absolute Gasteiger partial charge is 0.373 e. The number of pyridine rings is 1. The molecule has 0 radical (unpaired) electrons. The molecule has 1 aromatic rings. The second-order valence-electron chi connectivity index (χ2n) is 4.33. The molecule has 2 heterocycles. The summed E-state index contributed by atoms with van der Waals surface area (Å²) in [7, 11) is 1.82. The molecular formula is C13H19N3OS. The fourth-order valence-corrected chi connectivity index (χ4v) is 3.18. The molecular weight excluding hydrogens is 246 g/mol. The van der Waals surface area contributed by atoms with E-state index < -0.39 is 0 Å². The number of amides is 1. The Morgan fingerprint density at radius 1 is 1.61 bits per heavy atom. The average Bonchev–Trinajstić information content (AvgIpc) is 2.46. The van der Waals surface area contributed by atoms with Crippen molar-refractivity contribution in [2.45, 2.75) is 18.6 Å². The number of hydrogen-bond acceptors (Lipinski definition) is 4. The van der Waals surface area contributed by atoms with Gasteiger partial charge in [0.25, 0.3) is 5.91 Å². The molecule has 1 unspecified atom stereocenters. The van der Waals surface area contributed by atoms with Gasteiger partial charge in [0.2, 0.25) is 0 Å². The van der Waals surface area contributed by atoms with E-state index in [0.29, 0.717) is 10.8 Å². The summed E-state index contributed by atoms with van der Waals surface area (Å²) in [4.78, 5) is 18.5. The summed E-state index contributed by atoms with van der Waals surface area (Å²) in [5.74, 6) is 1.92. The van der Waals surface area contributed by atoms with Crippen LogP contribution >= 0.6 is 11.8 Å². The highest BCUT2D eigenvalue weighted by atomic mass is 32.2. The molecule has 1 saturated heterocycles. The zero-order valence-corrected chi connectivity index (χ0v) is 11.7. The van der Waals surface area contributed by atoms with Crippen molar-refractivity contribution in [3.63, 3.8) is 0 Å². The zero-order valence-electron chi connectivity index (χ0n) is 10.8. The van der Waals surface area contributed by atoms with E-state index in [0.717, 1.165) is 31.1 Å². The lowest BCUT2D eigenvalue weighted by molar-refractivity contribution is 0.0760. The van der Waals surface area contributed by atoms with Gasteiger partial charge in [0.05, 0.1) is 5.56 Å². The summed E-state index contributed by atoms with van der Waals surface area (Å²) in [6, 6.07) is 3.67.